The molecule has 39 heavy (non-hydrogen) atoms. The molecule has 6 rings (SSSR count). The molecule has 2 aliphatic heterocycles. The standard InChI is InChI=1S/C31H43N7O/c1-23-21-29(39)38(27-6-2-3-7-27)30-28(23)22-33-31(35-30)34-25-8-10-26(11-9-25)37-17-12-24(13-18-37)5-4-16-36-19-14-32-15-20-36/h8-11,21-22,24,27,32H,2-7,12-20H2,1H3,(H,33,34,35). The number of pyridine rings is 1. The van der Waals surface area contributed by atoms with Crippen molar-refractivity contribution in [2.45, 2.75) is 64.3 Å². The Morgan fingerprint density at radius 2 is 1.74 bits per heavy atom. The topological polar surface area (TPSA) is 78.3 Å². The lowest BCUT2D eigenvalue weighted by Gasteiger charge is -2.34. The number of hydrogen-bond donors (Lipinski definition) is 2. The van der Waals surface area contributed by atoms with Crippen molar-refractivity contribution in [1.29, 1.82) is 0 Å². The maximum atomic E-state index is 12.9. The van der Waals surface area contributed by atoms with E-state index in [9.17, 15) is 4.79 Å². The number of nitrogens with one attached hydrogen (secondary N) is 2. The van der Waals surface area contributed by atoms with Crippen molar-refractivity contribution in [3.8, 4) is 0 Å². The Bertz CT molecular complexity index is 1300. The Morgan fingerprint density at radius 3 is 2.49 bits per heavy atom. The van der Waals surface area contributed by atoms with E-state index in [1.54, 1.807) is 6.07 Å². The molecule has 0 spiro atoms. The largest absolute Gasteiger partial charge is 0.372 e. The van der Waals surface area contributed by atoms with Crippen LogP contribution in [0, 0.1) is 12.8 Å². The Kier molecular flexibility index (Phi) is 8.11. The van der Waals surface area contributed by atoms with Crippen LogP contribution < -0.4 is 21.1 Å². The average Bonchev–Trinajstić information content (AvgIpc) is 3.49. The predicted octanol–water partition coefficient (Wildman–Crippen LogP) is 4.86. The van der Waals surface area contributed by atoms with Crippen LogP contribution in [0.4, 0.5) is 17.3 Å². The molecule has 8 heteroatoms. The number of rotatable bonds is 8. The number of fused-ring (bicyclic) bond motifs is 1. The highest BCUT2D eigenvalue weighted by molar-refractivity contribution is 5.79. The van der Waals surface area contributed by atoms with Crippen LogP contribution >= 0.6 is 0 Å². The molecule has 1 aromatic carbocycles. The van der Waals surface area contributed by atoms with Gasteiger partial charge in [-0.3, -0.25) is 9.36 Å². The number of aryl methyl sites for hydroxylation is 1. The summed E-state index contributed by atoms with van der Waals surface area (Å²) in [7, 11) is 0. The molecule has 3 aromatic rings. The highest BCUT2D eigenvalue weighted by Gasteiger charge is 2.22. The maximum absolute atomic E-state index is 12.9. The summed E-state index contributed by atoms with van der Waals surface area (Å²) >= 11 is 0. The van der Waals surface area contributed by atoms with E-state index in [1.807, 2.05) is 17.7 Å². The molecule has 2 N–H and O–H groups in total. The summed E-state index contributed by atoms with van der Waals surface area (Å²) in [6.07, 6.45) is 11.5. The fourth-order valence-corrected chi connectivity index (χ4v) is 6.75. The summed E-state index contributed by atoms with van der Waals surface area (Å²) in [6, 6.07) is 10.6. The van der Waals surface area contributed by atoms with Crippen LogP contribution in [-0.4, -0.2) is 65.2 Å². The molecule has 8 nitrogen and oxygen atoms in total. The third-order valence-electron chi connectivity index (χ3n) is 9.09. The van der Waals surface area contributed by atoms with Crippen molar-refractivity contribution in [3.63, 3.8) is 0 Å². The fraction of sp³-hybridized carbons (Fsp3) is 0.581. The van der Waals surface area contributed by atoms with E-state index < -0.39 is 0 Å². The van der Waals surface area contributed by atoms with E-state index in [4.69, 9.17) is 4.98 Å². The number of hydrogen-bond acceptors (Lipinski definition) is 7. The second-order valence-corrected chi connectivity index (χ2v) is 11.7. The zero-order valence-electron chi connectivity index (χ0n) is 23.4. The minimum atomic E-state index is 0.0456. The number of nitrogens with zero attached hydrogens (tertiary/aromatic N) is 5. The molecular weight excluding hydrogens is 486 g/mol. The molecule has 2 aromatic heterocycles. The van der Waals surface area contributed by atoms with Gasteiger partial charge in [0.1, 0.15) is 5.65 Å². The van der Waals surface area contributed by atoms with Crippen molar-refractivity contribution in [2.24, 2.45) is 5.92 Å². The summed E-state index contributed by atoms with van der Waals surface area (Å²) in [4.78, 5) is 27.5. The normalized spacial score (nSPS) is 19.7. The molecule has 1 aliphatic carbocycles. The van der Waals surface area contributed by atoms with Gasteiger partial charge in [-0.15, -0.1) is 0 Å². The highest BCUT2D eigenvalue weighted by atomic mass is 16.1. The lowest BCUT2D eigenvalue weighted by atomic mass is 9.92. The first-order valence-electron chi connectivity index (χ1n) is 15.1. The van der Waals surface area contributed by atoms with E-state index >= 15 is 0 Å². The van der Waals surface area contributed by atoms with Gasteiger partial charge in [-0.1, -0.05) is 12.8 Å². The van der Waals surface area contributed by atoms with Gasteiger partial charge in [-0.2, -0.15) is 4.98 Å². The predicted molar refractivity (Wildman–Crippen MR) is 159 cm³/mol. The molecule has 2 saturated heterocycles. The van der Waals surface area contributed by atoms with Crippen LogP contribution in [-0.2, 0) is 0 Å². The molecule has 3 aliphatic rings. The van der Waals surface area contributed by atoms with Crippen LogP contribution in [0.2, 0.25) is 0 Å². The van der Waals surface area contributed by atoms with Crippen molar-refractivity contribution in [2.75, 3.05) is 56.0 Å². The van der Waals surface area contributed by atoms with Gasteiger partial charge in [0.05, 0.1) is 0 Å². The molecule has 208 valence electrons. The second kappa shape index (κ2) is 12.0. The van der Waals surface area contributed by atoms with E-state index in [0.29, 0.717) is 5.95 Å². The second-order valence-electron chi connectivity index (χ2n) is 11.7. The molecule has 4 heterocycles. The third kappa shape index (κ3) is 6.12. The van der Waals surface area contributed by atoms with E-state index in [0.717, 1.165) is 67.2 Å². The average molecular weight is 530 g/mol. The summed E-state index contributed by atoms with van der Waals surface area (Å²) in [6.45, 7) is 10.2. The summed E-state index contributed by atoms with van der Waals surface area (Å²) in [5, 5.41) is 7.77. The minimum Gasteiger partial charge on any atom is -0.372 e. The van der Waals surface area contributed by atoms with Gasteiger partial charge in [-0.05, 0) is 87.7 Å². The van der Waals surface area contributed by atoms with Gasteiger partial charge in [0.2, 0.25) is 5.95 Å². The maximum Gasteiger partial charge on any atom is 0.252 e. The number of piperidine rings is 1. The molecule has 0 radical (unpaired) electrons. The molecule has 0 amide bonds. The smallest absolute Gasteiger partial charge is 0.252 e. The Balaban J connectivity index is 1.06. The molecule has 0 bridgehead atoms. The molecule has 1 saturated carbocycles. The van der Waals surface area contributed by atoms with Gasteiger partial charge >= 0.3 is 0 Å². The van der Waals surface area contributed by atoms with Crippen LogP contribution in [0.3, 0.4) is 0 Å². The SMILES string of the molecule is Cc1cc(=O)n(C2CCCC2)c2nc(Nc3ccc(N4CCC(CCCN5CCNCC5)CC4)cc3)ncc12. The highest BCUT2D eigenvalue weighted by Crippen LogP contribution is 2.31. The quantitative estimate of drug-likeness (QED) is 0.431. The van der Waals surface area contributed by atoms with Crippen molar-refractivity contribution < 1.29 is 0 Å². The molecule has 0 atom stereocenters. The Labute approximate surface area is 231 Å². The van der Waals surface area contributed by atoms with Crippen LogP contribution in [0.15, 0.2) is 41.3 Å². The third-order valence-corrected chi connectivity index (χ3v) is 9.09. The van der Waals surface area contributed by atoms with E-state index in [1.165, 1.54) is 63.8 Å². The van der Waals surface area contributed by atoms with Gasteiger partial charge < -0.3 is 20.4 Å². The van der Waals surface area contributed by atoms with Crippen molar-refractivity contribution >= 4 is 28.4 Å². The minimum absolute atomic E-state index is 0.0456. The lowest BCUT2D eigenvalue weighted by Crippen LogP contribution is -2.43. The van der Waals surface area contributed by atoms with E-state index in [-0.39, 0.29) is 11.6 Å². The molecule has 0 unspecified atom stereocenters. The number of aromatic nitrogens is 3. The fourth-order valence-electron chi connectivity index (χ4n) is 6.75. The Morgan fingerprint density at radius 1 is 1.00 bits per heavy atom. The molecule has 3 fully saturated rings. The summed E-state index contributed by atoms with van der Waals surface area (Å²) in [5.74, 6) is 1.40. The monoisotopic (exact) mass is 529 g/mol. The summed E-state index contributed by atoms with van der Waals surface area (Å²) in [5.41, 5.74) is 3.97. The van der Waals surface area contributed by atoms with E-state index in [2.05, 4.69) is 49.7 Å². The first kappa shape index (κ1) is 26.3. The van der Waals surface area contributed by atoms with Gasteiger partial charge in [0.25, 0.3) is 5.56 Å². The van der Waals surface area contributed by atoms with Gasteiger partial charge in [0.15, 0.2) is 0 Å². The summed E-state index contributed by atoms with van der Waals surface area (Å²) < 4.78 is 1.90. The zero-order valence-corrected chi connectivity index (χ0v) is 23.4. The van der Waals surface area contributed by atoms with Crippen molar-refractivity contribution in [1.82, 2.24) is 24.8 Å². The molecular formula is C31H43N7O. The Hall–Kier alpha value is -2.97. The number of benzene rings is 1. The first-order valence-corrected chi connectivity index (χ1v) is 15.1. The van der Waals surface area contributed by atoms with Crippen LogP contribution in [0.1, 0.15) is 63.0 Å². The van der Waals surface area contributed by atoms with Crippen LogP contribution in [0.25, 0.3) is 11.0 Å². The lowest BCUT2D eigenvalue weighted by molar-refractivity contribution is 0.227. The number of anilines is 3. The van der Waals surface area contributed by atoms with Gasteiger partial charge in [0, 0.05) is 74.3 Å². The van der Waals surface area contributed by atoms with Gasteiger partial charge in [-0.25, -0.2) is 4.98 Å². The zero-order chi connectivity index (χ0) is 26.6. The number of piperazine rings is 1. The van der Waals surface area contributed by atoms with Crippen LogP contribution in [0.5, 0.6) is 0 Å². The first-order chi connectivity index (χ1) is 19.1. The van der Waals surface area contributed by atoms with Crippen molar-refractivity contribution in [3.05, 3.63) is 52.4 Å².